The van der Waals surface area contributed by atoms with E-state index in [1.165, 1.54) is 7.11 Å². The zero-order chi connectivity index (χ0) is 11.4. The van der Waals surface area contributed by atoms with Gasteiger partial charge in [-0.3, -0.25) is 4.79 Å². The van der Waals surface area contributed by atoms with Crippen molar-refractivity contribution < 1.29 is 14.6 Å². The molecule has 82 valence electrons. The monoisotopic (exact) mass is 272 g/mol. The Balaban J connectivity index is 2.78. The number of ether oxygens (including phenoxy) is 1. The first-order chi connectivity index (χ1) is 7.04. The molecule has 0 aliphatic carbocycles. The fourth-order valence-corrected chi connectivity index (χ4v) is 1.57. The fourth-order valence-electron chi connectivity index (χ4n) is 1.18. The number of halogens is 1. The molecule has 0 spiro atoms. The highest BCUT2D eigenvalue weighted by molar-refractivity contribution is 9.10. The first-order valence-electron chi connectivity index (χ1n) is 4.55. The first-order valence-corrected chi connectivity index (χ1v) is 5.35. The molecule has 0 unspecified atom stereocenters. The van der Waals surface area contributed by atoms with Crippen LogP contribution in [0.4, 0.5) is 0 Å². The van der Waals surface area contributed by atoms with Gasteiger partial charge in [-0.15, -0.1) is 0 Å². The van der Waals surface area contributed by atoms with Gasteiger partial charge in [-0.2, -0.15) is 0 Å². The van der Waals surface area contributed by atoms with Crippen LogP contribution in [0.2, 0.25) is 0 Å². The maximum absolute atomic E-state index is 11.0. The van der Waals surface area contributed by atoms with Crippen molar-refractivity contribution in [3.8, 4) is 0 Å². The zero-order valence-electron chi connectivity index (χ0n) is 8.66. The molecule has 0 bridgehead atoms. The van der Waals surface area contributed by atoms with Gasteiger partial charge in [-0.1, -0.05) is 28.1 Å². The molecule has 0 amide bonds. The Hall–Kier alpha value is -0.870. The molecule has 1 aromatic rings. The van der Waals surface area contributed by atoms with Crippen molar-refractivity contribution in [2.75, 3.05) is 7.11 Å². The molecular formula is C11H13BrO3. The van der Waals surface area contributed by atoms with Crippen LogP contribution in [0.5, 0.6) is 0 Å². The van der Waals surface area contributed by atoms with Crippen molar-refractivity contribution in [3.05, 3.63) is 33.8 Å². The van der Waals surface area contributed by atoms with Gasteiger partial charge in [0.15, 0.2) is 0 Å². The molecule has 1 rings (SSSR count). The summed E-state index contributed by atoms with van der Waals surface area (Å²) in [5, 5.41) is 9.72. The molecule has 4 heteroatoms. The number of esters is 1. The minimum Gasteiger partial charge on any atom is -0.469 e. The standard InChI is InChI=1S/C11H13BrO3/c1-7-3-4-8(5-9(7)12)10(13)6-11(14)15-2/h3-5,10,13H,6H2,1-2H3/t10-/m1/s1. The summed E-state index contributed by atoms with van der Waals surface area (Å²) in [5.41, 5.74) is 1.79. The highest BCUT2D eigenvalue weighted by Crippen LogP contribution is 2.23. The van der Waals surface area contributed by atoms with Crippen molar-refractivity contribution in [2.24, 2.45) is 0 Å². The number of rotatable bonds is 3. The Morgan fingerprint density at radius 3 is 2.80 bits per heavy atom. The van der Waals surface area contributed by atoms with E-state index in [0.717, 1.165) is 10.0 Å². The van der Waals surface area contributed by atoms with Crippen LogP contribution in [-0.4, -0.2) is 18.2 Å². The molecule has 0 aliphatic rings. The van der Waals surface area contributed by atoms with Gasteiger partial charge in [0.2, 0.25) is 0 Å². The van der Waals surface area contributed by atoms with E-state index in [4.69, 9.17) is 0 Å². The van der Waals surface area contributed by atoms with Crippen LogP contribution in [0.3, 0.4) is 0 Å². The van der Waals surface area contributed by atoms with Gasteiger partial charge in [-0.25, -0.2) is 0 Å². The van der Waals surface area contributed by atoms with Crippen molar-refractivity contribution in [2.45, 2.75) is 19.4 Å². The van der Waals surface area contributed by atoms with Gasteiger partial charge >= 0.3 is 5.97 Å². The van der Waals surface area contributed by atoms with Crippen LogP contribution in [0.15, 0.2) is 22.7 Å². The van der Waals surface area contributed by atoms with E-state index in [1.807, 2.05) is 19.1 Å². The van der Waals surface area contributed by atoms with E-state index >= 15 is 0 Å². The lowest BCUT2D eigenvalue weighted by Gasteiger charge is -2.10. The molecule has 0 radical (unpaired) electrons. The van der Waals surface area contributed by atoms with Crippen LogP contribution in [0.25, 0.3) is 0 Å². The van der Waals surface area contributed by atoms with E-state index in [-0.39, 0.29) is 6.42 Å². The topological polar surface area (TPSA) is 46.5 Å². The minimum atomic E-state index is -0.811. The molecule has 3 nitrogen and oxygen atoms in total. The number of carbonyl (C=O) groups is 1. The third-order valence-corrected chi connectivity index (χ3v) is 3.02. The number of benzene rings is 1. The van der Waals surface area contributed by atoms with Crippen LogP contribution in [-0.2, 0) is 9.53 Å². The second kappa shape index (κ2) is 5.28. The SMILES string of the molecule is COC(=O)C[C@@H](O)c1ccc(C)c(Br)c1. The quantitative estimate of drug-likeness (QED) is 0.860. The van der Waals surface area contributed by atoms with E-state index in [9.17, 15) is 9.90 Å². The molecule has 0 fully saturated rings. The summed E-state index contributed by atoms with van der Waals surface area (Å²) in [6.45, 7) is 1.96. The minimum absolute atomic E-state index is 0.0218. The molecule has 0 heterocycles. The third-order valence-electron chi connectivity index (χ3n) is 2.17. The summed E-state index contributed by atoms with van der Waals surface area (Å²) >= 11 is 3.37. The van der Waals surface area contributed by atoms with Crippen LogP contribution < -0.4 is 0 Å². The smallest absolute Gasteiger partial charge is 0.308 e. The number of methoxy groups -OCH3 is 1. The van der Waals surface area contributed by atoms with Gasteiger partial charge in [0, 0.05) is 4.47 Å². The summed E-state index contributed by atoms with van der Waals surface area (Å²) < 4.78 is 5.41. The summed E-state index contributed by atoms with van der Waals surface area (Å²) in [5.74, 6) is -0.417. The van der Waals surface area contributed by atoms with Gasteiger partial charge in [-0.05, 0) is 24.1 Å². The Morgan fingerprint density at radius 2 is 2.27 bits per heavy atom. The van der Waals surface area contributed by atoms with E-state index < -0.39 is 12.1 Å². The highest BCUT2D eigenvalue weighted by atomic mass is 79.9. The van der Waals surface area contributed by atoms with E-state index in [1.54, 1.807) is 6.07 Å². The zero-order valence-corrected chi connectivity index (χ0v) is 10.2. The third kappa shape index (κ3) is 3.32. The lowest BCUT2D eigenvalue weighted by atomic mass is 10.1. The molecular weight excluding hydrogens is 260 g/mol. The predicted molar refractivity (Wildman–Crippen MR) is 60.5 cm³/mol. The first kappa shape index (κ1) is 12.2. The molecule has 0 aliphatic heterocycles. The lowest BCUT2D eigenvalue weighted by molar-refractivity contribution is -0.142. The van der Waals surface area contributed by atoms with Crippen LogP contribution in [0.1, 0.15) is 23.7 Å². The second-order valence-electron chi connectivity index (χ2n) is 3.30. The Bertz CT molecular complexity index is 363. The molecule has 1 aromatic carbocycles. The maximum Gasteiger partial charge on any atom is 0.308 e. The second-order valence-corrected chi connectivity index (χ2v) is 4.16. The van der Waals surface area contributed by atoms with Crippen molar-refractivity contribution >= 4 is 21.9 Å². The number of hydrogen-bond donors (Lipinski definition) is 1. The average molecular weight is 273 g/mol. The van der Waals surface area contributed by atoms with Gasteiger partial charge in [0.05, 0.1) is 19.6 Å². The number of aliphatic hydroxyl groups is 1. The average Bonchev–Trinajstić information content (AvgIpc) is 2.21. The molecule has 0 aromatic heterocycles. The van der Waals surface area contributed by atoms with Crippen molar-refractivity contribution in [1.29, 1.82) is 0 Å². The summed E-state index contributed by atoms with van der Waals surface area (Å²) in [6, 6.07) is 5.50. The summed E-state index contributed by atoms with van der Waals surface area (Å²) in [4.78, 5) is 11.0. The van der Waals surface area contributed by atoms with Gasteiger partial charge < -0.3 is 9.84 Å². The largest absolute Gasteiger partial charge is 0.469 e. The van der Waals surface area contributed by atoms with Crippen molar-refractivity contribution in [1.82, 2.24) is 0 Å². The number of carbonyl (C=O) groups excluding carboxylic acids is 1. The normalized spacial score (nSPS) is 12.3. The molecule has 1 atom stereocenters. The Morgan fingerprint density at radius 1 is 1.60 bits per heavy atom. The van der Waals surface area contributed by atoms with E-state index in [2.05, 4.69) is 20.7 Å². The summed E-state index contributed by atoms with van der Waals surface area (Å²) in [6.07, 6.45) is -0.833. The van der Waals surface area contributed by atoms with Crippen LogP contribution in [0, 0.1) is 6.92 Å². The number of hydrogen-bond acceptors (Lipinski definition) is 3. The van der Waals surface area contributed by atoms with Crippen LogP contribution >= 0.6 is 15.9 Å². The Kier molecular flexibility index (Phi) is 4.29. The molecule has 0 saturated heterocycles. The lowest BCUT2D eigenvalue weighted by Crippen LogP contribution is -2.08. The predicted octanol–water partition coefficient (Wildman–Crippen LogP) is 2.35. The molecule has 15 heavy (non-hydrogen) atoms. The van der Waals surface area contributed by atoms with Gasteiger partial charge in [0.1, 0.15) is 0 Å². The fraction of sp³-hybridized carbons (Fsp3) is 0.364. The summed E-state index contributed by atoms with van der Waals surface area (Å²) in [7, 11) is 1.31. The van der Waals surface area contributed by atoms with Gasteiger partial charge in [0.25, 0.3) is 0 Å². The highest BCUT2D eigenvalue weighted by Gasteiger charge is 2.13. The van der Waals surface area contributed by atoms with Crippen molar-refractivity contribution in [3.63, 3.8) is 0 Å². The number of aryl methyl sites for hydroxylation is 1. The Labute approximate surface area is 97.2 Å². The molecule has 1 N–H and O–H groups in total. The molecule has 0 saturated carbocycles. The van der Waals surface area contributed by atoms with E-state index in [0.29, 0.717) is 5.56 Å². The number of aliphatic hydroxyl groups excluding tert-OH is 1. The maximum atomic E-state index is 11.0.